The molecular formula is C11H20N2O2. The Morgan fingerprint density at radius 3 is 3.13 bits per heavy atom. The summed E-state index contributed by atoms with van der Waals surface area (Å²) in [7, 11) is 1.75. The quantitative estimate of drug-likeness (QED) is 0.728. The summed E-state index contributed by atoms with van der Waals surface area (Å²) in [4.78, 5) is 13.5. The van der Waals surface area contributed by atoms with E-state index in [2.05, 4.69) is 0 Å². The first kappa shape index (κ1) is 10.9. The molecule has 1 saturated carbocycles. The molecule has 0 aromatic carbocycles. The lowest BCUT2D eigenvalue weighted by Crippen LogP contribution is -2.37. The van der Waals surface area contributed by atoms with Crippen LogP contribution in [0.25, 0.3) is 0 Å². The normalized spacial score (nSPS) is 34.5. The van der Waals surface area contributed by atoms with Crippen LogP contribution in [0, 0.1) is 11.3 Å². The number of carbonyl (C=O) groups excluding carboxylic acids is 1. The van der Waals surface area contributed by atoms with Gasteiger partial charge in [0, 0.05) is 25.6 Å². The SMILES string of the molecule is COC[C@]12CCC[C@@H]1CN(C(=O)CN)C2. The van der Waals surface area contributed by atoms with E-state index in [0.29, 0.717) is 5.92 Å². The molecule has 0 aromatic rings. The minimum absolute atomic E-state index is 0.0832. The van der Waals surface area contributed by atoms with E-state index >= 15 is 0 Å². The Hall–Kier alpha value is -0.610. The first-order chi connectivity index (χ1) is 7.22. The van der Waals surface area contributed by atoms with E-state index < -0.39 is 0 Å². The molecule has 0 spiro atoms. The second-order valence-corrected chi connectivity index (χ2v) is 4.86. The van der Waals surface area contributed by atoms with Gasteiger partial charge in [-0.25, -0.2) is 0 Å². The predicted octanol–water partition coefficient (Wildman–Crippen LogP) is 0.220. The lowest BCUT2D eigenvalue weighted by molar-refractivity contribution is -0.129. The van der Waals surface area contributed by atoms with Crippen molar-refractivity contribution in [2.75, 3.05) is 33.4 Å². The molecule has 1 amide bonds. The van der Waals surface area contributed by atoms with Crippen molar-refractivity contribution in [1.82, 2.24) is 4.90 Å². The number of likely N-dealkylation sites (tertiary alicyclic amines) is 1. The number of rotatable bonds is 3. The Balaban J connectivity index is 2.07. The zero-order valence-corrected chi connectivity index (χ0v) is 9.37. The summed E-state index contributed by atoms with van der Waals surface area (Å²) >= 11 is 0. The summed E-state index contributed by atoms with van der Waals surface area (Å²) in [5.74, 6) is 0.716. The largest absolute Gasteiger partial charge is 0.384 e. The van der Waals surface area contributed by atoms with Gasteiger partial charge in [-0.2, -0.15) is 0 Å². The second-order valence-electron chi connectivity index (χ2n) is 4.86. The Morgan fingerprint density at radius 2 is 2.47 bits per heavy atom. The predicted molar refractivity (Wildman–Crippen MR) is 57.3 cm³/mol. The molecule has 2 rings (SSSR count). The minimum atomic E-state index is 0.0832. The van der Waals surface area contributed by atoms with Crippen LogP contribution in [0.4, 0.5) is 0 Å². The molecule has 0 radical (unpaired) electrons. The third-order valence-electron chi connectivity index (χ3n) is 4.00. The number of hydrogen-bond donors (Lipinski definition) is 1. The van der Waals surface area contributed by atoms with Crippen molar-refractivity contribution in [1.29, 1.82) is 0 Å². The number of hydrogen-bond acceptors (Lipinski definition) is 3. The molecule has 0 bridgehead atoms. The van der Waals surface area contributed by atoms with Gasteiger partial charge in [-0.15, -0.1) is 0 Å². The monoisotopic (exact) mass is 212 g/mol. The van der Waals surface area contributed by atoms with Gasteiger partial charge in [0.05, 0.1) is 13.2 Å². The third kappa shape index (κ3) is 1.76. The van der Waals surface area contributed by atoms with Crippen LogP contribution >= 0.6 is 0 Å². The Bertz CT molecular complexity index is 257. The van der Waals surface area contributed by atoms with Crippen molar-refractivity contribution in [3.05, 3.63) is 0 Å². The van der Waals surface area contributed by atoms with Crippen molar-refractivity contribution in [2.45, 2.75) is 19.3 Å². The van der Waals surface area contributed by atoms with Gasteiger partial charge < -0.3 is 15.4 Å². The first-order valence-corrected chi connectivity index (χ1v) is 5.68. The second kappa shape index (κ2) is 4.10. The average Bonchev–Trinajstić information content (AvgIpc) is 2.73. The summed E-state index contributed by atoms with van der Waals surface area (Å²) in [5, 5.41) is 0. The van der Waals surface area contributed by atoms with Crippen molar-refractivity contribution >= 4 is 5.91 Å². The summed E-state index contributed by atoms with van der Waals surface area (Å²) in [6.07, 6.45) is 3.70. The fraction of sp³-hybridized carbons (Fsp3) is 0.909. The zero-order chi connectivity index (χ0) is 10.9. The molecule has 4 nitrogen and oxygen atoms in total. The van der Waals surface area contributed by atoms with Gasteiger partial charge in [-0.1, -0.05) is 6.42 Å². The molecule has 1 aliphatic heterocycles. The fourth-order valence-electron chi connectivity index (χ4n) is 3.26. The van der Waals surface area contributed by atoms with E-state index in [0.717, 1.165) is 19.7 Å². The highest BCUT2D eigenvalue weighted by Crippen LogP contribution is 2.48. The van der Waals surface area contributed by atoms with E-state index in [1.165, 1.54) is 19.3 Å². The van der Waals surface area contributed by atoms with Crippen LogP contribution in [0.5, 0.6) is 0 Å². The van der Waals surface area contributed by atoms with E-state index in [9.17, 15) is 4.79 Å². The molecular weight excluding hydrogens is 192 g/mol. The fourth-order valence-corrected chi connectivity index (χ4v) is 3.26. The van der Waals surface area contributed by atoms with Gasteiger partial charge in [0.25, 0.3) is 0 Å². The number of amides is 1. The Labute approximate surface area is 90.8 Å². The van der Waals surface area contributed by atoms with Crippen LogP contribution in [0.3, 0.4) is 0 Å². The highest BCUT2D eigenvalue weighted by molar-refractivity contribution is 5.78. The first-order valence-electron chi connectivity index (χ1n) is 5.68. The summed E-state index contributed by atoms with van der Waals surface area (Å²) in [6.45, 7) is 2.66. The highest BCUT2D eigenvalue weighted by atomic mass is 16.5. The molecule has 2 atom stereocenters. The molecule has 2 aliphatic rings. The molecule has 86 valence electrons. The van der Waals surface area contributed by atoms with Crippen LogP contribution < -0.4 is 5.73 Å². The standard InChI is InChI=1S/C11H20N2O2/c1-15-8-11-4-2-3-9(11)6-13(7-11)10(14)5-12/h9H,2-8,12H2,1H3/t9-,11-/m1/s1. The minimum Gasteiger partial charge on any atom is -0.384 e. The number of nitrogens with zero attached hydrogens (tertiary/aromatic N) is 1. The Kier molecular flexibility index (Phi) is 2.98. The zero-order valence-electron chi connectivity index (χ0n) is 9.37. The van der Waals surface area contributed by atoms with Crippen molar-refractivity contribution in [2.24, 2.45) is 17.1 Å². The van der Waals surface area contributed by atoms with Gasteiger partial charge in [-0.05, 0) is 18.8 Å². The van der Waals surface area contributed by atoms with Gasteiger partial charge >= 0.3 is 0 Å². The molecule has 2 fully saturated rings. The van der Waals surface area contributed by atoms with E-state index in [1.54, 1.807) is 7.11 Å². The number of carbonyl (C=O) groups is 1. The highest BCUT2D eigenvalue weighted by Gasteiger charge is 2.50. The van der Waals surface area contributed by atoms with Gasteiger partial charge in [0.15, 0.2) is 0 Å². The maximum Gasteiger partial charge on any atom is 0.236 e. The molecule has 2 N–H and O–H groups in total. The van der Waals surface area contributed by atoms with Gasteiger partial charge in [-0.3, -0.25) is 4.79 Å². The van der Waals surface area contributed by atoms with Crippen LogP contribution in [0.1, 0.15) is 19.3 Å². The maximum absolute atomic E-state index is 11.6. The summed E-state index contributed by atoms with van der Waals surface area (Å²) < 4.78 is 5.32. The van der Waals surface area contributed by atoms with Crippen LogP contribution in [-0.2, 0) is 9.53 Å². The van der Waals surface area contributed by atoms with E-state index in [-0.39, 0.29) is 17.9 Å². The molecule has 1 saturated heterocycles. The number of nitrogens with two attached hydrogens (primary N) is 1. The topological polar surface area (TPSA) is 55.6 Å². The lowest BCUT2D eigenvalue weighted by Gasteiger charge is -2.27. The van der Waals surface area contributed by atoms with Crippen molar-refractivity contribution in [3.8, 4) is 0 Å². The van der Waals surface area contributed by atoms with Crippen LogP contribution in [0.15, 0.2) is 0 Å². The summed E-state index contributed by atoms with van der Waals surface area (Å²) in [5.41, 5.74) is 5.63. The van der Waals surface area contributed by atoms with Crippen molar-refractivity contribution in [3.63, 3.8) is 0 Å². The molecule has 4 heteroatoms. The number of methoxy groups -OCH3 is 1. The lowest BCUT2D eigenvalue weighted by atomic mass is 9.82. The average molecular weight is 212 g/mol. The van der Waals surface area contributed by atoms with Crippen LogP contribution in [0.2, 0.25) is 0 Å². The van der Waals surface area contributed by atoms with E-state index in [4.69, 9.17) is 10.5 Å². The summed E-state index contributed by atoms with van der Waals surface area (Å²) in [6, 6.07) is 0. The van der Waals surface area contributed by atoms with Gasteiger partial charge in [0.2, 0.25) is 5.91 Å². The number of fused-ring (bicyclic) bond motifs is 1. The molecule has 15 heavy (non-hydrogen) atoms. The van der Waals surface area contributed by atoms with Crippen LogP contribution in [-0.4, -0.2) is 44.2 Å². The van der Waals surface area contributed by atoms with Crippen molar-refractivity contribution < 1.29 is 9.53 Å². The molecule has 1 heterocycles. The molecule has 0 unspecified atom stereocenters. The number of ether oxygens (including phenoxy) is 1. The van der Waals surface area contributed by atoms with E-state index in [1.807, 2.05) is 4.90 Å². The third-order valence-corrected chi connectivity index (χ3v) is 4.00. The Morgan fingerprint density at radius 1 is 1.67 bits per heavy atom. The van der Waals surface area contributed by atoms with Gasteiger partial charge in [0.1, 0.15) is 0 Å². The smallest absolute Gasteiger partial charge is 0.236 e. The molecule has 1 aliphatic carbocycles. The molecule has 0 aromatic heterocycles. The maximum atomic E-state index is 11.6.